The number of halogens is 3. The summed E-state index contributed by atoms with van der Waals surface area (Å²) in [5.41, 5.74) is 0.643. The Hall–Kier alpha value is -1.89. The van der Waals surface area contributed by atoms with Crippen LogP contribution in [-0.2, 0) is 6.18 Å². The highest BCUT2D eigenvalue weighted by Gasteiger charge is 2.30. The zero-order chi connectivity index (χ0) is 14.0. The summed E-state index contributed by atoms with van der Waals surface area (Å²) in [7, 11) is 1.79. The molecule has 7 heteroatoms. The van der Waals surface area contributed by atoms with Crippen LogP contribution in [0.2, 0.25) is 0 Å². The first-order valence-electron chi connectivity index (χ1n) is 5.69. The van der Waals surface area contributed by atoms with Gasteiger partial charge in [-0.2, -0.15) is 13.2 Å². The number of nitrogens with one attached hydrogen (secondary N) is 1. The Kier molecular flexibility index (Phi) is 3.57. The molecule has 0 saturated heterocycles. The molecule has 1 heterocycles. The van der Waals surface area contributed by atoms with Gasteiger partial charge in [0.05, 0.1) is 23.1 Å². The summed E-state index contributed by atoms with van der Waals surface area (Å²) < 4.78 is 39.0. The highest BCUT2D eigenvalue weighted by molar-refractivity contribution is 5.36. The van der Waals surface area contributed by atoms with Gasteiger partial charge in [-0.25, -0.2) is 4.68 Å². The quantitative estimate of drug-likeness (QED) is 0.932. The van der Waals surface area contributed by atoms with Gasteiger partial charge in [0.15, 0.2) is 0 Å². The van der Waals surface area contributed by atoms with Gasteiger partial charge in [-0.1, -0.05) is 5.21 Å². The Morgan fingerprint density at radius 3 is 2.37 bits per heavy atom. The van der Waals surface area contributed by atoms with Gasteiger partial charge in [-0.3, -0.25) is 0 Å². The number of rotatable bonds is 3. The van der Waals surface area contributed by atoms with E-state index in [0.717, 1.165) is 17.8 Å². The van der Waals surface area contributed by atoms with Crippen molar-refractivity contribution in [2.75, 3.05) is 7.05 Å². The Morgan fingerprint density at radius 2 is 1.84 bits per heavy atom. The average Bonchev–Trinajstić information content (AvgIpc) is 2.86. The first-order chi connectivity index (χ1) is 8.93. The highest BCUT2D eigenvalue weighted by Crippen LogP contribution is 2.29. The largest absolute Gasteiger partial charge is 0.416 e. The summed E-state index contributed by atoms with van der Waals surface area (Å²) in [6, 6.07) is 4.82. The molecule has 4 nitrogen and oxygen atoms in total. The summed E-state index contributed by atoms with van der Waals surface area (Å²) in [5, 5.41) is 10.7. The summed E-state index contributed by atoms with van der Waals surface area (Å²) in [6.45, 7) is 1.92. The van der Waals surface area contributed by atoms with Crippen molar-refractivity contribution < 1.29 is 13.2 Å². The molecular weight excluding hydrogens is 257 g/mol. The van der Waals surface area contributed by atoms with Crippen molar-refractivity contribution in [2.45, 2.75) is 19.1 Å². The molecule has 2 aromatic rings. The van der Waals surface area contributed by atoms with Crippen LogP contribution >= 0.6 is 0 Å². The number of nitrogens with zero attached hydrogens (tertiary/aromatic N) is 3. The van der Waals surface area contributed by atoms with Crippen molar-refractivity contribution >= 4 is 0 Å². The molecule has 0 fully saturated rings. The van der Waals surface area contributed by atoms with E-state index in [9.17, 15) is 13.2 Å². The molecule has 0 aliphatic rings. The highest BCUT2D eigenvalue weighted by atomic mass is 19.4. The van der Waals surface area contributed by atoms with Crippen LogP contribution in [0.25, 0.3) is 5.69 Å². The zero-order valence-corrected chi connectivity index (χ0v) is 10.4. The van der Waals surface area contributed by atoms with Crippen LogP contribution in [-0.4, -0.2) is 22.0 Å². The Morgan fingerprint density at radius 1 is 1.21 bits per heavy atom. The maximum Gasteiger partial charge on any atom is 0.416 e. The lowest BCUT2D eigenvalue weighted by Crippen LogP contribution is -2.16. The van der Waals surface area contributed by atoms with E-state index in [-0.39, 0.29) is 6.04 Å². The second kappa shape index (κ2) is 5.00. The molecule has 102 valence electrons. The third-order valence-corrected chi connectivity index (χ3v) is 2.89. The third kappa shape index (κ3) is 2.76. The molecule has 1 aromatic heterocycles. The predicted molar refractivity (Wildman–Crippen MR) is 63.8 cm³/mol. The van der Waals surface area contributed by atoms with E-state index in [1.54, 1.807) is 13.2 Å². The van der Waals surface area contributed by atoms with Gasteiger partial charge in [-0.15, -0.1) is 5.10 Å². The second-order valence-electron chi connectivity index (χ2n) is 4.13. The van der Waals surface area contributed by atoms with Crippen molar-refractivity contribution in [3.63, 3.8) is 0 Å². The maximum absolute atomic E-state index is 12.5. The van der Waals surface area contributed by atoms with Crippen LogP contribution in [0.15, 0.2) is 30.5 Å². The fourth-order valence-electron chi connectivity index (χ4n) is 1.68. The van der Waals surface area contributed by atoms with Crippen LogP contribution in [0.4, 0.5) is 13.2 Å². The van der Waals surface area contributed by atoms with E-state index in [0.29, 0.717) is 5.69 Å². The first-order valence-corrected chi connectivity index (χ1v) is 5.69. The number of aromatic nitrogens is 3. The monoisotopic (exact) mass is 270 g/mol. The predicted octanol–water partition coefficient (Wildman–Crippen LogP) is 2.57. The minimum absolute atomic E-state index is 0.00251. The van der Waals surface area contributed by atoms with Crippen molar-refractivity contribution in [2.24, 2.45) is 0 Å². The topological polar surface area (TPSA) is 42.7 Å². The van der Waals surface area contributed by atoms with E-state index >= 15 is 0 Å². The molecule has 0 bridgehead atoms. The van der Waals surface area contributed by atoms with Gasteiger partial charge in [0.1, 0.15) is 0 Å². The molecule has 2 rings (SSSR count). The summed E-state index contributed by atoms with van der Waals surface area (Å²) >= 11 is 0. The molecule has 1 N–H and O–H groups in total. The average molecular weight is 270 g/mol. The van der Waals surface area contributed by atoms with E-state index in [2.05, 4.69) is 15.6 Å². The lowest BCUT2D eigenvalue weighted by Gasteiger charge is -2.13. The van der Waals surface area contributed by atoms with Crippen LogP contribution in [0, 0.1) is 0 Å². The molecule has 0 spiro atoms. The van der Waals surface area contributed by atoms with Crippen LogP contribution in [0.1, 0.15) is 24.2 Å². The maximum atomic E-state index is 12.5. The standard InChI is InChI=1S/C12H13F3N4/c1-8(16-2)11-7-17-18-19(11)10-5-3-9(4-6-10)12(13,14)15/h3-8,16H,1-2H3. The van der Waals surface area contributed by atoms with Crippen LogP contribution < -0.4 is 5.32 Å². The second-order valence-corrected chi connectivity index (χ2v) is 4.13. The molecule has 0 saturated carbocycles. The minimum atomic E-state index is -4.33. The molecule has 0 radical (unpaired) electrons. The van der Waals surface area contributed by atoms with Crippen molar-refractivity contribution in [3.05, 3.63) is 41.7 Å². The Bertz CT molecular complexity index is 545. The van der Waals surface area contributed by atoms with Gasteiger partial charge >= 0.3 is 6.18 Å². The third-order valence-electron chi connectivity index (χ3n) is 2.89. The molecule has 0 aliphatic heterocycles. The fourth-order valence-corrected chi connectivity index (χ4v) is 1.68. The van der Waals surface area contributed by atoms with Crippen LogP contribution in [0.5, 0.6) is 0 Å². The molecule has 0 aliphatic carbocycles. The van der Waals surface area contributed by atoms with E-state index < -0.39 is 11.7 Å². The van der Waals surface area contributed by atoms with Crippen molar-refractivity contribution in [1.29, 1.82) is 0 Å². The number of alkyl halides is 3. The first kappa shape index (κ1) is 13.5. The zero-order valence-electron chi connectivity index (χ0n) is 10.4. The van der Waals surface area contributed by atoms with E-state index in [4.69, 9.17) is 0 Å². The van der Waals surface area contributed by atoms with Gasteiger partial charge in [-0.05, 0) is 38.2 Å². The lowest BCUT2D eigenvalue weighted by atomic mass is 10.2. The molecule has 0 amide bonds. The SMILES string of the molecule is CNC(C)c1cnnn1-c1ccc(C(F)(F)F)cc1. The molecule has 1 aromatic carbocycles. The van der Waals surface area contributed by atoms with E-state index in [1.807, 2.05) is 6.92 Å². The molecule has 1 unspecified atom stereocenters. The molecule has 1 atom stereocenters. The Labute approximate surface area is 108 Å². The normalized spacial score (nSPS) is 13.5. The number of hydrogen-bond acceptors (Lipinski definition) is 3. The Balaban J connectivity index is 2.36. The van der Waals surface area contributed by atoms with Crippen molar-refractivity contribution in [1.82, 2.24) is 20.3 Å². The summed E-state index contributed by atoms with van der Waals surface area (Å²) in [5.74, 6) is 0. The van der Waals surface area contributed by atoms with Gasteiger partial charge < -0.3 is 5.32 Å². The molecule has 19 heavy (non-hydrogen) atoms. The van der Waals surface area contributed by atoms with Crippen LogP contribution in [0.3, 0.4) is 0 Å². The number of hydrogen-bond donors (Lipinski definition) is 1. The van der Waals surface area contributed by atoms with Gasteiger partial charge in [0.2, 0.25) is 0 Å². The lowest BCUT2D eigenvalue weighted by molar-refractivity contribution is -0.137. The summed E-state index contributed by atoms with van der Waals surface area (Å²) in [6.07, 6.45) is -2.75. The van der Waals surface area contributed by atoms with E-state index in [1.165, 1.54) is 16.8 Å². The van der Waals surface area contributed by atoms with Crippen molar-refractivity contribution in [3.8, 4) is 5.69 Å². The van der Waals surface area contributed by atoms with Gasteiger partial charge in [0, 0.05) is 6.04 Å². The minimum Gasteiger partial charge on any atom is -0.312 e. The van der Waals surface area contributed by atoms with Gasteiger partial charge in [0.25, 0.3) is 0 Å². The molecular formula is C12H13F3N4. The fraction of sp³-hybridized carbons (Fsp3) is 0.333. The summed E-state index contributed by atoms with van der Waals surface area (Å²) in [4.78, 5) is 0. The number of benzene rings is 1. The smallest absolute Gasteiger partial charge is 0.312 e.